The second-order valence-electron chi connectivity index (χ2n) is 9.77. The molecule has 4 heteroatoms. The molecule has 162 valence electrons. The van der Waals surface area contributed by atoms with Crippen LogP contribution in [0.2, 0.25) is 0 Å². The normalized spacial score (nSPS) is 22.2. The van der Waals surface area contributed by atoms with Gasteiger partial charge in [0.1, 0.15) is 0 Å². The van der Waals surface area contributed by atoms with Crippen LogP contribution >= 0.6 is 0 Å². The molecule has 0 heterocycles. The van der Waals surface area contributed by atoms with E-state index in [1.807, 2.05) is 38.1 Å². The largest absolute Gasteiger partial charge is 0.478 e. The first-order valence-corrected chi connectivity index (χ1v) is 10.8. The van der Waals surface area contributed by atoms with Gasteiger partial charge < -0.3 is 10.2 Å². The minimum Gasteiger partial charge on any atom is -0.478 e. The van der Waals surface area contributed by atoms with Crippen molar-refractivity contribution in [2.24, 2.45) is 0 Å². The lowest BCUT2D eigenvalue weighted by Gasteiger charge is -2.55. The summed E-state index contributed by atoms with van der Waals surface area (Å²) in [5.41, 5.74) is 9.74. The number of aromatic carboxylic acids is 2. The van der Waals surface area contributed by atoms with E-state index in [1.165, 1.54) is 22.3 Å². The van der Waals surface area contributed by atoms with Gasteiger partial charge in [-0.15, -0.1) is 0 Å². The summed E-state index contributed by atoms with van der Waals surface area (Å²) in [5, 5.41) is 19.7. The van der Waals surface area contributed by atoms with E-state index in [0.29, 0.717) is 22.3 Å². The Kier molecular flexibility index (Phi) is 3.91. The molecule has 3 aliphatic rings. The van der Waals surface area contributed by atoms with E-state index >= 15 is 0 Å². The monoisotopic (exact) mass is 426 g/mol. The van der Waals surface area contributed by atoms with Gasteiger partial charge in [0.15, 0.2) is 0 Å². The van der Waals surface area contributed by atoms with Gasteiger partial charge in [0.2, 0.25) is 0 Å². The molecule has 0 radical (unpaired) electrons. The standard InChI is InChI=1S/C28H26O4/c1-13-7-19-20(8-14(13)2)28(6)22-10-16(4)17(25(29)30)11-23(22)27(19,5)21-9-15(3)18(26(31)32)12-24(21)28/h7-12H,1-6H3,(H,29,30)(H,31,32). The van der Waals surface area contributed by atoms with E-state index in [4.69, 9.17) is 0 Å². The number of carboxylic acid groups (broad SMARTS) is 2. The van der Waals surface area contributed by atoms with Crippen molar-refractivity contribution < 1.29 is 19.8 Å². The van der Waals surface area contributed by atoms with Crippen molar-refractivity contribution in [2.75, 3.05) is 0 Å². The summed E-state index contributed by atoms with van der Waals surface area (Å²) in [7, 11) is 0. The lowest BCUT2D eigenvalue weighted by atomic mass is 9.47. The molecule has 2 unspecified atom stereocenters. The fraction of sp³-hybridized carbons (Fsp3) is 0.286. The molecule has 2 N–H and O–H groups in total. The molecule has 2 atom stereocenters. The molecule has 0 saturated carbocycles. The Hall–Kier alpha value is -3.40. The van der Waals surface area contributed by atoms with Gasteiger partial charge in [0, 0.05) is 10.8 Å². The average molecular weight is 427 g/mol. The Morgan fingerprint density at radius 3 is 1.06 bits per heavy atom. The van der Waals surface area contributed by atoms with Crippen LogP contribution in [-0.2, 0) is 10.8 Å². The number of carboxylic acids is 2. The Bertz CT molecular complexity index is 1290. The molecule has 4 nitrogen and oxygen atoms in total. The van der Waals surface area contributed by atoms with Gasteiger partial charge in [-0.1, -0.05) is 24.3 Å². The van der Waals surface area contributed by atoms with Gasteiger partial charge in [0.05, 0.1) is 11.1 Å². The van der Waals surface area contributed by atoms with E-state index in [1.54, 1.807) is 0 Å². The number of hydrogen-bond acceptors (Lipinski definition) is 2. The van der Waals surface area contributed by atoms with E-state index in [9.17, 15) is 19.8 Å². The van der Waals surface area contributed by atoms with Crippen LogP contribution in [0.5, 0.6) is 0 Å². The van der Waals surface area contributed by atoms with Crippen molar-refractivity contribution in [1.82, 2.24) is 0 Å². The summed E-state index contributed by atoms with van der Waals surface area (Å²) in [6.07, 6.45) is 0. The highest BCUT2D eigenvalue weighted by atomic mass is 16.4. The van der Waals surface area contributed by atoms with Crippen molar-refractivity contribution >= 4 is 11.9 Å². The van der Waals surface area contributed by atoms with Gasteiger partial charge in [-0.3, -0.25) is 0 Å². The summed E-state index contributed by atoms with van der Waals surface area (Å²) in [6.45, 7) is 12.2. The molecule has 0 spiro atoms. The van der Waals surface area contributed by atoms with Crippen LogP contribution < -0.4 is 0 Å². The van der Waals surface area contributed by atoms with Crippen LogP contribution in [0.25, 0.3) is 0 Å². The van der Waals surface area contributed by atoms with Crippen molar-refractivity contribution in [3.63, 3.8) is 0 Å². The smallest absolute Gasteiger partial charge is 0.335 e. The molecule has 32 heavy (non-hydrogen) atoms. The first-order valence-electron chi connectivity index (χ1n) is 10.8. The van der Waals surface area contributed by atoms with E-state index in [2.05, 4.69) is 39.8 Å². The maximum Gasteiger partial charge on any atom is 0.335 e. The molecule has 3 aromatic carbocycles. The first kappa shape index (κ1) is 20.5. The quantitative estimate of drug-likeness (QED) is 0.555. The van der Waals surface area contributed by atoms with Crippen molar-refractivity contribution in [3.05, 3.63) is 103 Å². The average Bonchev–Trinajstić information content (AvgIpc) is 2.71. The second-order valence-corrected chi connectivity index (χ2v) is 9.77. The van der Waals surface area contributed by atoms with Gasteiger partial charge in [-0.2, -0.15) is 0 Å². The summed E-state index contributed by atoms with van der Waals surface area (Å²) < 4.78 is 0. The number of hydrogen-bond donors (Lipinski definition) is 2. The Labute approximate surface area is 187 Å². The number of rotatable bonds is 2. The zero-order chi connectivity index (χ0) is 23.3. The Morgan fingerprint density at radius 2 is 0.781 bits per heavy atom. The van der Waals surface area contributed by atoms with Gasteiger partial charge >= 0.3 is 11.9 Å². The SMILES string of the molecule is Cc1cc2c(cc1C)C1(C)c3cc(C)c(C(=O)O)cc3C2(C)c2cc(C)c(C(=O)O)cc21. The number of carbonyl (C=O) groups is 2. The molecule has 0 aliphatic heterocycles. The van der Waals surface area contributed by atoms with Crippen molar-refractivity contribution in [1.29, 1.82) is 0 Å². The van der Waals surface area contributed by atoms with Gasteiger partial charge in [-0.05, 0) is 109 Å². The lowest BCUT2D eigenvalue weighted by Crippen LogP contribution is -2.48. The van der Waals surface area contributed by atoms with Crippen LogP contribution in [0, 0.1) is 27.7 Å². The van der Waals surface area contributed by atoms with Crippen LogP contribution in [0.4, 0.5) is 0 Å². The molecular formula is C28H26O4. The zero-order valence-electron chi connectivity index (χ0n) is 19.2. The molecule has 0 aromatic heterocycles. The second kappa shape index (κ2) is 6.10. The first-order chi connectivity index (χ1) is 14.9. The summed E-state index contributed by atoms with van der Waals surface area (Å²) in [6, 6.07) is 12.1. The maximum absolute atomic E-state index is 12.0. The summed E-state index contributed by atoms with van der Waals surface area (Å²) in [5.74, 6) is -1.86. The molecular weight excluding hydrogens is 400 g/mol. The van der Waals surface area contributed by atoms with Crippen molar-refractivity contribution in [2.45, 2.75) is 52.4 Å². The summed E-state index contributed by atoms with van der Waals surface area (Å²) in [4.78, 5) is 24.0. The van der Waals surface area contributed by atoms with Crippen LogP contribution in [0.1, 0.15) is 90.2 Å². The third kappa shape index (κ3) is 2.22. The highest BCUT2D eigenvalue weighted by Crippen LogP contribution is 2.62. The molecule has 0 amide bonds. The fourth-order valence-corrected chi connectivity index (χ4v) is 6.05. The van der Waals surface area contributed by atoms with Crippen LogP contribution in [0.15, 0.2) is 36.4 Å². The molecule has 3 aliphatic carbocycles. The molecule has 6 rings (SSSR count). The fourth-order valence-electron chi connectivity index (χ4n) is 6.05. The highest BCUT2D eigenvalue weighted by Gasteiger charge is 2.55. The minimum absolute atomic E-state index is 0.312. The lowest BCUT2D eigenvalue weighted by molar-refractivity contribution is 0.0684. The minimum atomic E-state index is -0.932. The van der Waals surface area contributed by atoms with E-state index in [-0.39, 0.29) is 0 Å². The third-order valence-electron chi connectivity index (χ3n) is 8.06. The zero-order valence-corrected chi connectivity index (χ0v) is 19.2. The predicted octanol–water partition coefficient (Wildman–Crippen LogP) is 5.65. The predicted molar refractivity (Wildman–Crippen MR) is 123 cm³/mol. The highest BCUT2D eigenvalue weighted by molar-refractivity contribution is 5.93. The number of benzene rings is 3. The van der Waals surface area contributed by atoms with Crippen molar-refractivity contribution in [3.8, 4) is 0 Å². The molecule has 3 aromatic rings. The third-order valence-corrected chi connectivity index (χ3v) is 8.06. The summed E-state index contributed by atoms with van der Waals surface area (Å²) >= 11 is 0. The molecule has 2 bridgehead atoms. The molecule has 0 saturated heterocycles. The molecule has 0 fully saturated rings. The Morgan fingerprint density at radius 1 is 0.531 bits per heavy atom. The topological polar surface area (TPSA) is 74.6 Å². The maximum atomic E-state index is 12.0. The van der Waals surface area contributed by atoms with Crippen LogP contribution in [-0.4, -0.2) is 22.2 Å². The van der Waals surface area contributed by atoms with E-state index < -0.39 is 22.8 Å². The van der Waals surface area contributed by atoms with Gasteiger partial charge in [-0.25, -0.2) is 9.59 Å². The van der Waals surface area contributed by atoms with Gasteiger partial charge in [0.25, 0.3) is 0 Å². The van der Waals surface area contributed by atoms with Crippen LogP contribution in [0.3, 0.4) is 0 Å². The Balaban J connectivity index is 2.00. The van der Waals surface area contributed by atoms with E-state index in [0.717, 1.165) is 22.3 Å². The number of aryl methyl sites for hydroxylation is 4.